The first-order valence-electron chi connectivity index (χ1n) is 5.44. The molecule has 1 aliphatic rings. The summed E-state index contributed by atoms with van der Waals surface area (Å²) in [5.41, 5.74) is 5.18. The SMILES string of the molecule is CC(C)C.CN1CCCC[C@H]1C(N)=O. The number of piperidine rings is 1. The molecule has 1 saturated heterocycles. The quantitative estimate of drug-likeness (QED) is 0.699. The molecule has 0 aliphatic carbocycles. The smallest absolute Gasteiger partial charge is 0.234 e. The van der Waals surface area contributed by atoms with E-state index in [4.69, 9.17) is 5.73 Å². The Hall–Kier alpha value is -0.570. The van der Waals surface area contributed by atoms with Crippen molar-refractivity contribution >= 4 is 5.91 Å². The number of likely N-dealkylation sites (N-methyl/N-ethyl adjacent to an activating group) is 1. The molecule has 1 fully saturated rings. The number of amides is 1. The molecule has 84 valence electrons. The zero-order valence-corrected chi connectivity index (χ0v) is 9.92. The average molecular weight is 200 g/mol. The number of rotatable bonds is 1. The van der Waals surface area contributed by atoms with Crippen LogP contribution >= 0.6 is 0 Å². The molecular formula is C11H24N2O. The molecule has 3 heteroatoms. The van der Waals surface area contributed by atoms with Gasteiger partial charge in [-0.2, -0.15) is 0 Å². The summed E-state index contributed by atoms with van der Waals surface area (Å²) in [6.07, 6.45) is 3.27. The van der Waals surface area contributed by atoms with E-state index in [1.54, 1.807) is 0 Å². The van der Waals surface area contributed by atoms with Crippen molar-refractivity contribution < 1.29 is 4.79 Å². The van der Waals surface area contributed by atoms with Crippen LogP contribution in [0.3, 0.4) is 0 Å². The predicted octanol–water partition coefficient (Wildman–Crippen LogP) is 1.62. The van der Waals surface area contributed by atoms with E-state index in [2.05, 4.69) is 20.8 Å². The van der Waals surface area contributed by atoms with Crippen molar-refractivity contribution in [2.24, 2.45) is 11.7 Å². The Morgan fingerprint density at radius 2 is 1.86 bits per heavy atom. The molecule has 1 aliphatic heterocycles. The summed E-state index contributed by atoms with van der Waals surface area (Å²) in [6, 6.07) is -0.00579. The molecule has 2 N–H and O–H groups in total. The molecule has 0 aromatic heterocycles. The number of primary amides is 1. The molecule has 1 heterocycles. The lowest BCUT2D eigenvalue weighted by molar-refractivity contribution is -0.123. The molecule has 0 spiro atoms. The van der Waals surface area contributed by atoms with E-state index in [0.717, 1.165) is 25.3 Å². The molecular weight excluding hydrogens is 176 g/mol. The highest BCUT2D eigenvalue weighted by Crippen LogP contribution is 2.13. The van der Waals surface area contributed by atoms with Crippen LogP contribution in [0.15, 0.2) is 0 Å². The summed E-state index contributed by atoms with van der Waals surface area (Å²) in [4.78, 5) is 12.8. The highest BCUT2D eigenvalue weighted by atomic mass is 16.1. The molecule has 0 unspecified atom stereocenters. The number of hydrogen-bond acceptors (Lipinski definition) is 2. The minimum absolute atomic E-state index is 0.00579. The molecule has 0 bridgehead atoms. The van der Waals surface area contributed by atoms with Crippen LogP contribution < -0.4 is 5.73 Å². The van der Waals surface area contributed by atoms with Crippen molar-refractivity contribution in [3.63, 3.8) is 0 Å². The number of carbonyl (C=O) groups excluding carboxylic acids is 1. The fourth-order valence-corrected chi connectivity index (χ4v) is 1.43. The zero-order chi connectivity index (χ0) is 11.1. The number of hydrogen-bond donors (Lipinski definition) is 1. The highest BCUT2D eigenvalue weighted by molar-refractivity contribution is 5.79. The van der Waals surface area contributed by atoms with Crippen LogP contribution in [0.5, 0.6) is 0 Å². The van der Waals surface area contributed by atoms with Gasteiger partial charge in [0, 0.05) is 0 Å². The van der Waals surface area contributed by atoms with Crippen LogP contribution in [0.4, 0.5) is 0 Å². The predicted molar refractivity (Wildman–Crippen MR) is 60.0 cm³/mol. The second-order valence-electron chi connectivity index (χ2n) is 4.63. The maximum atomic E-state index is 10.7. The Labute approximate surface area is 87.6 Å². The maximum absolute atomic E-state index is 10.7. The van der Waals surface area contributed by atoms with Crippen LogP contribution in [-0.4, -0.2) is 30.4 Å². The van der Waals surface area contributed by atoms with Crippen molar-refractivity contribution in [3.05, 3.63) is 0 Å². The summed E-state index contributed by atoms with van der Waals surface area (Å²) < 4.78 is 0. The van der Waals surface area contributed by atoms with Crippen molar-refractivity contribution in [3.8, 4) is 0 Å². The lowest BCUT2D eigenvalue weighted by Gasteiger charge is -2.29. The van der Waals surface area contributed by atoms with E-state index >= 15 is 0 Å². The summed E-state index contributed by atoms with van der Waals surface area (Å²) in [6.45, 7) is 7.51. The highest BCUT2D eigenvalue weighted by Gasteiger charge is 2.22. The van der Waals surface area contributed by atoms with Crippen molar-refractivity contribution in [1.82, 2.24) is 4.90 Å². The molecule has 3 nitrogen and oxygen atoms in total. The number of nitrogens with two attached hydrogens (primary N) is 1. The molecule has 1 atom stereocenters. The topological polar surface area (TPSA) is 46.3 Å². The lowest BCUT2D eigenvalue weighted by atomic mass is 10.0. The van der Waals surface area contributed by atoms with E-state index in [0.29, 0.717) is 0 Å². The molecule has 0 aromatic carbocycles. The maximum Gasteiger partial charge on any atom is 0.234 e. The standard InChI is InChI=1S/C7H14N2O.C4H10/c1-9-5-3-2-4-6(9)7(8)10;1-4(2)3/h6H,2-5H2,1H3,(H2,8,10);4H,1-3H3/t6-;/m0./s1. The van der Waals surface area contributed by atoms with Gasteiger partial charge < -0.3 is 5.73 Å². The average Bonchev–Trinajstić information content (AvgIpc) is 2.03. The van der Waals surface area contributed by atoms with Gasteiger partial charge in [0.25, 0.3) is 0 Å². The molecule has 0 radical (unpaired) electrons. The lowest BCUT2D eigenvalue weighted by Crippen LogP contribution is -2.45. The normalized spacial score (nSPS) is 22.8. The monoisotopic (exact) mass is 200 g/mol. The Bertz CT molecular complexity index is 166. The molecule has 1 amide bonds. The number of carbonyl (C=O) groups is 1. The Morgan fingerprint density at radius 1 is 1.36 bits per heavy atom. The fourth-order valence-electron chi connectivity index (χ4n) is 1.43. The van der Waals surface area contributed by atoms with E-state index in [9.17, 15) is 4.79 Å². The fraction of sp³-hybridized carbons (Fsp3) is 0.909. The van der Waals surface area contributed by atoms with Crippen LogP contribution in [0.1, 0.15) is 40.0 Å². The van der Waals surface area contributed by atoms with Gasteiger partial charge in [0.15, 0.2) is 0 Å². The van der Waals surface area contributed by atoms with Gasteiger partial charge in [-0.3, -0.25) is 9.69 Å². The molecule has 1 rings (SSSR count). The van der Waals surface area contributed by atoms with Gasteiger partial charge in [0.05, 0.1) is 6.04 Å². The Morgan fingerprint density at radius 3 is 2.14 bits per heavy atom. The molecule has 0 saturated carbocycles. The third-order valence-corrected chi connectivity index (χ3v) is 2.10. The van der Waals surface area contributed by atoms with Gasteiger partial charge in [0.2, 0.25) is 5.91 Å². The van der Waals surface area contributed by atoms with E-state index < -0.39 is 0 Å². The van der Waals surface area contributed by atoms with Crippen LogP contribution in [0.2, 0.25) is 0 Å². The number of nitrogens with zero attached hydrogens (tertiary/aromatic N) is 1. The first-order valence-corrected chi connectivity index (χ1v) is 5.44. The second kappa shape index (κ2) is 6.82. The Kier molecular flexibility index (Phi) is 6.54. The summed E-state index contributed by atoms with van der Waals surface area (Å²) >= 11 is 0. The largest absolute Gasteiger partial charge is 0.368 e. The van der Waals surface area contributed by atoms with Crippen molar-refractivity contribution in [2.75, 3.05) is 13.6 Å². The van der Waals surface area contributed by atoms with Gasteiger partial charge in [0.1, 0.15) is 0 Å². The molecule has 14 heavy (non-hydrogen) atoms. The van der Waals surface area contributed by atoms with Gasteiger partial charge in [-0.1, -0.05) is 27.2 Å². The van der Waals surface area contributed by atoms with Crippen molar-refractivity contribution in [1.29, 1.82) is 0 Å². The summed E-state index contributed by atoms with van der Waals surface area (Å²) in [5, 5.41) is 0. The van der Waals surface area contributed by atoms with E-state index in [1.165, 1.54) is 6.42 Å². The summed E-state index contributed by atoms with van der Waals surface area (Å²) in [7, 11) is 1.95. The van der Waals surface area contributed by atoms with Gasteiger partial charge in [-0.15, -0.1) is 0 Å². The minimum atomic E-state index is -0.179. The number of likely N-dealkylation sites (tertiary alicyclic amines) is 1. The van der Waals surface area contributed by atoms with Gasteiger partial charge in [-0.05, 0) is 32.4 Å². The van der Waals surface area contributed by atoms with Crippen LogP contribution in [0, 0.1) is 5.92 Å². The van der Waals surface area contributed by atoms with Gasteiger partial charge in [-0.25, -0.2) is 0 Å². The third kappa shape index (κ3) is 5.97. The van der Waals surface area contributed by atoms with Crippen LogP contribution in [0.25, 0.3) is 0 Å². The zero-order valence-electron chi connectivity index (χ0n) is 9.92. The first kappa shape index (κ1) is 13.4. The van der Waals surface area contributed by atoms with Gasteiger partial charge >= 0.3 is 0 Å². The molecule has 0 aromatic rings. The third-order valence-electron chi connectivity index (χ3n) is 2.10. The second-order valence-corrected chi connectivity index (χ2v) is 4.63. The minimum Gasteiger partial charge on any atom is -0.368 e. The van der Waals surface area contributed by atoms with Crippen molar-refractivity contribution in [2.45, 2.75) is 46.1 Å². The first-order chi connectivity index (χ1) is 6.45. The van der Waals surface area contributed by atoms with E-state index in [1.807, 2.05) is 11.9 Å². The summed E-state index contributed by atoms with van der Waals surface area (Å²) in [5.74, 6) is 0.655. The van der Waals surface area contributed by atoms with E-state index in [-0.39, 0.29) is 11.9 Å². The Balaban J connectivity index is 0.000000364. The van der Waals surface area contributed by atoms with Crippen LogP contribution in [-0.2, 0) is 4.79 Å².